The Morgan fingerprint density at radius 1 is 0.944 bits per heavy atom. The lowest BCUT2D eigenvalue weighted by atomic mass is 10.1. The van der Waals surface area contributed by atoms with Gasteiger partial charge in [-0.3, -0.25) is 4.72 Å². The number of esters is 1. The molecule has 0 radical (unpaired) electrons. The molecule has 0 bridgehead atoms. The molecule has 36 heavy (non-hydrogen) atoms. The Kier molecular flexibility index (Phi) is 8.86. The van der Waals surface area contributed by atoms with Crippen LogP contribution in [0.5, 0.6) is 28.7 Å². The molecule has 0 aromatic heterocycles. The molecule has 0 saturated heterocycles. The van der Waals surface area contributed by atoms with Crippen molar-refractivity contribution in [3.63, 3.8) is 0 Å². The van der Waals surface area contributed by atoms with Crippen LogP contribution in [0.2, 0.25) is 5.02 Å². The Hall–Kier alpha value is -3.67. The summed E-state index contributed by atoms with van der Waals surface area (Å²) in [5, 5.41) is 9.47. The number of rotatable bonds is 11. The van der Waals surface area contributed by atoms with Crippen LogP contribution >= 0.6 is 11.6 Å². The zero-order valence-electron chi connectivity index (χ0n) is 19.6. The number of ether oxygens (including phenoxy) is 5. The number of sulfonamides is 1. The molecular formula is C24H24ClNO9S. The van der Waals surface area contributed by atoms with Crippen molar-refractivity contribution in [3.8, 4) is 28.7 Å². The number of aliphatic hydroxyl groups is 1. The first-order valence-electron chi connectivity index (χ1n) is 10.4. The van der Waals surface area contributed by atoms with E-state index in [1.807, 2.05) is 0 Å². The molecule has 3 aromatic rings. The first-order valence-corrected chi connectivity index (χ1v) is 12.3. The predicted octanol–water partition coefficient (Wildman–Crippen LogP) is 4.11. The molecule has 192 valence electrons. The summed E-state index contributed by atoms with van der Waals surface area (Å²) in [7, 11) is -0.0637. The second-order valence-corrected chi connectivity index (χ2v) is 9.18. The van der Waals surface area contributed by atoms with Crippen LogP contribution in [-0.4, -0.2) is 54.0 Å². The molecule has 0 atom stereocenters. The van der Waals surface area contributed by atoms with Gasteiger partial charge in [-0.15, -0.1) is 0 Å². The van der Waals surface area contributed by atoms with Crippen molar-refractivity contribution in [3.05, 3.63) is 65.2 Å². The minimum Gasteiger partial charge on any atom is -0.497 e. The van der Waals surface area contributed by atoms with Crippen LogP contribution < -0.4 is 23.7 Å². The van der Waals surface area contributed by atoms with Gasteiger partial charge in [-0.2, -0.15) is 0 Å². The van der Waals surface area contributed by atoms with E-state index in [4.69, 9.17) is 35.3 Å². The lowest BCUT2D eigenvalue weighted by Gasteiger charge is -2.19. The van der Waals surface area contributed by atoms with Crippen LogP contribution in [0, 0.1) is 0 Å². The van der Waals surface area contributed by atoms with Gasteiger partial charge in [0.05, 0.1) is 49.1 Å². The van der Waals surface area contributed by atoms with E-state index in [0.717, 1.165) is 0 Å². The molecule has 2 N–H and O–H groups in total. The lowest BCUT2D eigenvalue weighted by molar-refractivity contribution is 0.0600. The number of nitrogens with one attached hydrogen (secondary N) is 1. The molecule has 12 heteroatoms. The number of hydrogen-bond acceptors (Lipinski definition) is 9. The summed E-state index contributed by atoms with van der Waals surface area (Å²) in [4.78, 5) is 12.2. The van der Waals surface area contributed by atoms with E-state index in [-0.39, 0.29) is 51.6 Å². The van der Waals surface area contributed by atoms with Gasteiger partial charge in [0.2, 0.25) is 0 Å². The maximum Gasteiger partial charge on any atom is 0.338 e. The zero-order valence-corrected chi connectivity index (χ0v) is 21.2. The summed E-state index contributed by atoms with van der Waals surface area (Å²) in [6, 6.07) is 12.9. The van der Waals surface area contributed by atoms with Gasteiger partial charge in [0, 0.05) is 6.07 Å². The minimum absolute atomic E-state index is 0.0260. The monoisotopic (exact) mass is 537 g/mol. The second kappa shape index (κ2) is 11.8. The topological polar surface area (TPSA) is 130 Å². The Labute approximate surface area is 213 Å². The number of anilines is 1. The highest BCUT2D eigenvalue weighted by Gasteiger charge is 2.24. The molecule has 3 aromatic carbocycles. The SMILES string of the molecule is COC(=O)c1cc(NS(=O)(=O)c2ccc(OC)cc2)c(Oc2cc(OC)ccc2Cl)c(OCCO)c1. The van der Waals surface area contributed by atoms with Crippen molar-refractivity contribution >= 4 is 33.3 Å². The van der Waals surface area contributed by atoms with Gasteiger partial charge in [0.25, 0.3) is 10.0 Å². The van der Waals surface area contributed by atoms with Crippen molar-refractivity contribution in [1.29, 1.82) is 0 Å². The molecular weight excluding hydrogens is 514 g/mol. The molecule has 0 heterocycles. The minimum atomic E-state index is -4.16. The largest absolute Gasteiger partial charge is 0.497 e. The Bertz CT molecular complexity index is 1330. The molecule has 0 fully saturated rings. The molecule has 10 nitrogen and oxygen atoms in total. The Morgan fingerprint density at radius 2 is 1.61 bits per heavy atom. The van der Waals surface area contributed by atoms with E-state index >= 15 is 0 Å². The predicted molar refractivity (Wildman–Crippen MR) is 132 cm³/mol. The van der Waals surface area contributed by atoms with Crippen LogP contribution in [-0.2, 0) is 14.8 Å². The highest BCUT2D eigenvalue weighted by Crippen LogP contribution is 2.43. The Morgan fingerprint density at radius 3 is 2.22 bits per heavy atom. The van der Waals surface area contributed by atoms with E-state index in [1.54, 1.807) is 6.07 Å². The number of hydrogen-bond donors (Lipinski definition) is 2. The van der Waals surface area contributed by atoms with Gasteiger partial charge in [-0.05, 0) is 48.5 Å². The van der Waals surface area contributed by atoms with E-state index in [0.29, 0.717) is 11.5 Å². The summed E-state index contributed by atoms with van der Waals surface area (Å²) in [5.74, 6) is 0.124. The third-order valence-electron chi connectivity index (χ3n) is 4.79. The first-order chi connectivity index (χ1) is 17.2. The van der Waals surface area contributed by atoms with Gasteiger partial charge in [-0.1, -0.05) is 11.6 Å². The highest BCUT2D eigenvalue weighted by atomic mass is 35.5. The zero-order chi connectivity index (χ0) is 26.3. The number of carbonyl (C=O) groups is 1. The Balaban J connectivity index is 2.16. The third-order valence-corrected chi connectivity index (χ3v) is 6.48. The van der Waals surface area contributed by atoms with Gasteiger partial charge in [0.1, 0.15) is 23.9 Å². The number of halogens is 1. The van der Waals surface area contributed by atoms with E-state index in [1.165, 1.54) is 69.9 Å². The van der Waals surface area contributed by atoms with Gasteiger partial charge >= 0.3 is 5.97 Å². The van der Waals surface area contributed by atoms with E-state index < -0.39 is 16.0 Å². The number of methoxy groups -OCH3 is 3. The number of carbonyl (C=O) groups excluding carboxylic acids is 1. The number of aliphatic hydroxyl groups excluding tert-OH is 1. The smallest absolute Gasteiger partial charge is 0.338 e. The maximum absolute atomic E-state index is 13.2. The molecule has 3 rings (SSSR count). The standard InChI is InChI=1S/C24H24ClNO9S/c1-31-16-4-7-18(8-5-16)36(29,30)26-20-12-15(24(28)33-3)13-22(34-11-10-27)23(20)35-21-14-17(32-2)6-9-19(21)25/h4-9,12-14,26-27H,10-11H2,1-3H3. The molecule has 0 aliphatic carbocycles. The fourth-order valence-corrected chi connectivity index (χ4v) is 4.25. The fraction of sp³-hybridized carbons (Fsp3) is 0.208. The van der Waals surface area contributed by atoms with Crippen molar-refractivity contribution in [2.45, 2.75) is 4.90 Å². The first kappa shape index (κ1) is 26.9. The molecule has 0 spiro atoms. The lowest BCUT2D eigenvalue weighted by Crippen LogP contribution is -2.15. The van der Waals surface area contributed by atoms with Gasteiger partial charge < -0.3 is 28.8 Å². The van der Waals surface area contributed by atoms with Gasteiger partial charge in [-0.25, -0.2) is 13.2 Å². The van der Waals surface area contributed by atoms with Crippen molar-refractivity contribution in [2.24, 2.45) is 0 Å². The average Bonchev–Trinajstić information content (AvgIpc) is 2.89. The van der Waals surface area contributed by atoms with Crippen LogP contribution in [0.15, 0.2) is 59.5 Å². The quantitative estimate of drug-likeness (QED) is 0.347. The maximum atomic E-state index is 13.2. The summed E-state index contributed by atoms with van der Waals surface area (Å²) in [6.07, 6.45) is 0. The third kappa shape index (κ3) is 6.30. The second-order valence-electron chi connectivity index (χ2n) is 7.09. The van der Waals surface area contributed by atoms with Crippen molar-refractivity contribution in [1.82, 2.24) is 0 Å². The summed E-state index contributed by atoms with van der Waals surface area (Å²) >= 11 is 6.29. The molecule has 0 saturated carbocycles. The van der Waals surface area contributed by atoms with E-state index in [9.17, 15) is 18.3 Å². The van der Waals surface area contributed by atoms with Crippen LogP contribution in [0.1, 0.15) is 10.4 Å². The van der Waals surface area contributed by atoms with Crippen LogP contribution in [0.4, 0.5) is 5.69 Å². The fourth-order valence-electron chi connectivity index (χ4n) is 3.04. The molecule has 0 aliphatic rings. The summed E-state index contributed by atoms with van der Waals surface area (Å²) in [5.41, 5.74) is -0.164. The van der Waals surface area contributed by atoms with Crippen molar-refractivity contribution < 1.29 is 42.0 Å². The molecule has 0 unspecified atom stereocenters. The summed E-state index contributed by atoms with van der Waals surface area (Å²) < 4.78 is 55.4. The highest BCUT2D eigenvalue weighted by molar-refractivity contribution is 7.92. The van der Waals surface area contributed by atoms with Crippen LogP contribution in [0.3, 0.4) is 0 Å². The summed E-state index contributed by atoms with van der Waals surface area (Å²) in [6.45, 7) is -0.522. The number of benzene rings is 3. The normalized spacial score (nSPS) is 10.9. The molecule has 0 aliphatic heterocycles. The van der Waals surface area contributed by atoms with Crippen molar-refractivity contribution in [2.75, 3.05) is 39.3 Å². The van der Waals surface area contributed by atoms with Crippen LogP contribution in [0.25, 0.3) is 0 Å². The average molecular weight is 538 g/mol. The van der Waals surface area contributed by atoms with Gasteiger partial charge in [0.15, 0.2) is 11.5 Å². The molecule has 0 amide bonds. The van der Waals surface area contributed by atoms with E-state index in [2.05, 4.69) is 4.72 Å².